The van der Waals surface area contributed by atoms with E-state index in [0.717, 1.165) is 19.3 Å². The maximum atomic E-state index is 13.4. The molecule has 0 bridgehead atoms. The predicted octanol–water partition coefficient (Wildman–Crippen LogP) is 1.04. The van der Waals surface area contributed by atoms with E-state index in [-0.39, 0.29) is 35.5 Å². The monoisotopic (exact) mass is 420 g/mol. The van der Waals surface area contributed by atoms with Crippen LogP contribution in [0.25, 0.3) is 0 Å². The number of nitrogens with one attached hydrogen (secondary N) is 2. The lowest BCUT2D eigenvalue weighted by Gasteiger charge is -2.36. The maximum Gasteiger partial charge on any atom is 0.246 e. The highest BCUT2D eigenvalue weighted by Crippen LogP contribution is 2.25. The number of carbonyl (C=O) groups is 4. The summed E-state index contributed by atoms with van der Waals surface area (Å²) in [4.78, 5) is 56.3. The summed E-state index contributed by atoms with van der Waals surface area (Å²) in [7, 11) is 0. The second kappa shape index (κ2) is 9.35. The molecule has 2 N–H and O–H groups in total. The first-order valence-electron chi connectivity index (χ1n) is 11.5. The Labute approximate surface area is 179 Å². The van der Waals surface area contributed by atoms with E-state index in [1.165, 1.54) is 0 Å². The normalized spacial score (nSPS) is 31.6. The molecule has 3 rings (SSSR count). The summed E-state index contributed by atoms with van der Waals surface area (Å²) < 4.78 is 0. The fourth-order valence-electron chi connectivity index (χ4n) is 4.88. The molecule has 0 aliphatic carbocycles. The van der Waals surface area contributed by atoms with Crippen molar-refractivity contribution in [3.05, 3.63) is 0 Å². The number of carbonyl (C=O) groups excluding carboxylic acids is 4. The highest BCUT2D eigenvalue weighted by atomic mass is 16.2. The van der Waals surface area contributed by atoms with Gasteiger partial charge in [0.15, 0.2) is 0 Å². The lowest BCUT2D eigenvalue weighted by molar-refractivity contribution is -0.147. The standard InChI is InChI=1S/C22H36N4O4/c1-5-14(4)18-22(30)26-11-7-8-16(26)19(27)23-15(12-13(2)3)21(29)25-10-6-9-17(25)20(28)24-18/h13-18H,5-12H2,1-4H3,(H,23,27)(H,24,28)/t14-,15-,16-,17-,18-/m0/s1. The van der Waals surface area contributed by atoms with Gasteiger partial charge < -0.3 is 20.4 Å². The van der Waals surface area contributed by atoms with Crippen LogP contribution in [0.3, 0.4) is 0 Å². The van der Waals surface area contributed by atoms with E-state index < -0.39 is 24.2 Å². The van der Waals surface area contributed by atoms with E-state index in [1.54, 1.807) is 9.80 Å². The molecule has 3 aliphatic heterocycles. The Morgan fingerprint density at radius 3 is 1.93 bits per heavy atom. The van der Waals surface area contributed by atoms with E-state index in [4.69, 9.17) is 0 Å². The fourth-order valence-corrected chi connectivity index (χ4v) is 4.88. The fraction of sp³-hybridized carbons (Fsp3) is 0.818. The molecule has 0 spiro atoms. The Hall–Kier alpha value is -2.12. The third kappa shape index (κ3) is 4.47. The molecule has 0 radical (unpaired) electrons. The van der Waals surface area contributed by atoms with Crippen molar-refractivity contribution in [2.45, 2.75) is 90.4 Å². The first-order chi connectivity index (χ1) is 14.2. The SMILES string of the molecule is CC[C@H](C)[C@@H]1NC(=O)[C@@H]2CCCN2C(=O)[C@H](CC(C)C)NC(=O)[C@@H]2CCCN2C1=O. The molecule has 3 aliphatic rings. The van der Waals surface area contributed by atoms with Crippen molar-refractivity contribution in [2.75, 3.05) is 13.1 Å². The number of amides is 4. The van der Waals surface area contributed by atoms with Crippen LogP contribution in [-0.4, -0.2) is 70.7 Å². The molecule has 0 aromatic heterocycles. The molecule has 8 nitrogen and oxygen atoms in total. The van der Waals surface area contributed by atoms with E-state index in [9.17, 15) is 19.2 Å². The largest absolute Gasteiger partial charge is 0.342 e. The smallest absolute Gasteiger partial charge is 0.246 e. The Balaban J connectivity index is 1.98. The molecule has 4 amide bonds. The summed E-state index contributed by atoms with van der Waals surface area (Å²) in [5, 5.41) is 5.89. The molecule has 3 fully saturated rings. The van der Waals surface area contributed by atoms with Gasteiger partial charge in [0.2, 0.25) is 23.6 Å². The van der Waals surface area contributed by atoms with Crippen molar-refractivity contribution in [1.82, 2.24) is 20.4 Å². The summed E-state index contributed by atoms with van der Waals surface area (Å²) in [5.74, 6) is -0.750. The van der Waals surface area contributed by atoms with Crippen LogP contribution in [0.4, 0.5) is 0 Å². The van der Waals surface area contributed by atoms with Crippen LogP contribution >= 0.6 is 0 Å². The van der Waals surface area contributed by atoms with Crippen LogP contribution in [-0.2, 0) is 19.2 Å². The van der Waals surface area contributed by atoms with E-state index in [1.807, 2.05) is 27.7 Å². The minimum atomic E-state index is -0.681. The molecule has 0 aromatic carbocycles. The molecule has 30 heavy (non-hydrogen) atoms. The van der Waals surface area contributed by atoms with E-state index in [2.05, 4.69) is 10.6 Å². The molecule has 3 heterocycles. The average Bonchev–Trinajstić information content (AvgIpc) is 3.38. The number of hydrogen-bond acceptors (Lipinski definition) is 4. The Morgan fingerprint density at radius 1 is 0.867 bits per heavy atom. The first-order valence-corrected chi connectivity index (χ1v) is 11.5. The van der Waals surface area contributed by atoms with Gasteiger partial charge in [-0.15, -0.1) is 0 Å². The second-order valence-corrected chi connectivity index (χ2v) is 9.44. The van der Waals surface area contributed by atoms with Gasteiger partial charge in [0.25, 0.3) is 0 Å². The van der Waals surface area contributed by atoms with Crippen molar-refractivity contribution < 1.29 is 19.2 Å². The second-order valence-electron chi connectivity index (χ2n) is 9.44. The average molecular weight is 421 g/mol. The Morgan fingerprint density at radius 2 is 1.40 bits per heavy atom. The van der Waals surface area contributed by atoms with Crippen LogP contribution in [0.2, 0.25) is 0 Å². The van der Waals surface area contributed by atoms with Crippen molar-refractivity contribution in [2.24, 2.45) is 11.8 Å². The van der Waals surface area contributed by atoms with Gasteiger partial charge >= 0.3 is 0 Å². The predicted molar refractivity (Wildman–Crippen MR) is 112 cm³/mol. The molecular formula is C22H36N4O4. The van der Waals surface area contributed by atoms with Crippen LogP contribution in [0.1, 0.15) is 66.2 Å². The topological polar surface area (TPSA) is 98.8 Å². The molecular weight excluding hydrogens is 384 g/mol. The summed E-state index contributed by atoms with van der Waals surface area (Å²) in [5.41, 5.74) is 0. The van der Waals surface area contributed by atoms with Crippen LogP contribution in [0, 0.1) is 11.8 Å². The number of fused-ring (bicyclic) bond motifs is 2. The molecule has 0 saturated carbocycles. The van der Waals surface area contributed by atoms with E-state index >= 15 is 0 Å². The third-order valence-corrected chi connectivity index (χ3v) is 6.78. The third-order valence-electron chi connectivity index (χ3n) is 6.78. The quantitative estimate of drug-likeness (QED) is 0.710. The zero-order chi connectivity index (χ0) is 22.0. The van der Waals surface area contributed by atoms with Gasteiger partial charge in [-0.25, -0.2) is 0 Å². The van der Waals surface area contributed by atoms with Crippen molar-refractivity contribution in [3.63, 3.8) is 0 Å². The van der Waals surface area contributed by atoms with Gasteiger partial charge in [0.05, 0.1) is 0 Å². The molecule has 3 saturated heterocycles. The van der Waals surface area contributed by atoms with Gasteiger partial charge in [-0.3, -0.25) is 19.2 Å². The lowest BCUT2D eigenvalue weighted by Crippen LogP contribution is -2.62. The zero-order valence-corrected chi connectivity index (χ0v) is 18.6. The van der Waals surface area contributed by atoms with E-state index in [0.29, 0.717) is 32.4 Å². The molecule has 0 unspecified atom stereocenters. The molecule has 0 aromatic rings. The highest BCUT2D eigenvalue weighted by Gasteiger charge is 2.44. The van der Waals surface area contributed by atoms with Crippen LogP contribution in [0.15, 0.2) is 0 Å². The first kappa shape index (κ1) is 22.6. The van der Waals surface area contributed by atoms with Gasteiger partial charge in [0.1, 0.15) is 24.2 Å². The Kier molecular flexibility index (Phi) is 7.03. The highest BCUT2D eigenvalue weighted by molar-refractivity contribution is 5.98. The Bertz CT molecular complexity index is 695. The summed E-state index contributed by atoms with van der Waals surface area (Å²) >= 11 is 0. The van der Waals surface area contributed by atoms with Gasteiger partial charge in [0, 0.05) is 13.1 Å². The number of nitrogens with zero attached hydrogens (tertiary/aromatic N) is 2. The van der Waals surface area contributed by atoms with Crippen molar-refractivity contribution in [1.29, 1.82) is 0 Å². The zero-order valence-electron chi connectivity index (χ0n) is 18.6. The van der Waals surface area contributed by atoms with Crippen molar-refractivity contribution in [3.8, 4) is 0 Å². The molecule has 8 heteroatoms. The molecule has 168 valence electrons. The molecule has 5 atom stereocenters. The summed E-state index contributed by atoms with van der Waals surface area (Å²) in [6, 6.07) is -2.53. The van der Waals surface area contributed by atoms with Gasteiger partial charge in [-0.2, -0.15) is 0 Å². The van der Waals surface area contributed by atoms with Crippen LogP contribution in [0.5, 0.6) is 0 Å². The minimum Gasteiger partial charge on any atom is -0.342 e. The maximum absolute atomic E-state index is 13.4. The van der Waals surface area contributed by atoms with Crippen LogP contribution < -0.4 is 10.6 Å². The van der Waals surface area contributed by atoms with Gasteiger partial charge in [-0.1, -0.05) is 34.1 Å². The lowest BCUT2D eigenvalue weighted by atomic mass is 9.96. The minimum absolute atomic E-state index is 0.0621. The van der Waals surface area contributed by atoms with Gasteiger partial charge in [-0.05, 0) is 43.9 Å². The number of rotatable bonds is 4. The summed E-state index contributed by atoms with van der Waals surface area (Å²) in [6.45, 7) is 8.93. The number of hydrogen-bond donors (Lipinski definition) is 2. The summed E-state index contributed by atoms with van der Waals surface area (Å²) in [6.07, 6.45) is 3.86. The van der Waals surface area contributed by atoms with Crippen molar-refractivity contribution >= 4 is 23.6 Å².